The summed E-state index contributed by atoms with van der Waals surface area (Å²) in [4.78, 5) is 17.7. The van der Waals surface area contributed by atoms with Gasteiger partial charge in [-0.05, 0) is 48.5 Å². The molecule has 7 aromatic carbocycles. The lowest BCUT2D eigenvalue weighted by Crippen LogP contribution is -2.17. The van der Waals surface area contributed by atoms with E-state index < -0.39 is 0 Å². The number of fused-ring (bicyclic) bond motifs is 8. The van der Waals surface area contributed by atoms with Crippen LogP contribution >= 0.6 is 0 Å². The molecule has 11 rings (SSSR count). The van der Waals surface area contributed by atoms with Gasteiger partial charge in [0.15, 0.2) is 11.6 Å². The molecule has 0 radical (unpaired) electrons. The number of benzene rings is 7. The van der Waals surface area contributed by atoms with E-state index in [4.69, 9.17) is 15.0 Å². The van der Waals surface area contributed by atoms with Crippen molar-refractivity contribution < 1.29 is 0 Å². The number of anilines is 3. The molecule has 0 amide bonds. The molecule has 0 atom stereocenters. The first-order valence-electron chi connectivity index (χ1n) is 17.1. The maximum atomic E-state index is 5.17. The van der Waals surface area contributed by atoms with Crippen LogP contribution in [0.1, 0.15) is 0 Å². The molecule has 4 heterocycles. The Morgan fingerprint density at radius 1 is 0.353 bits per heavy atom. The van der Waals surface area contributed by atoms with E-state index in [-0.39, 0.29) is 0 Å². The zero-order valence-electron chi connectivity index (χ0n) is 27.3. The van der Waals surface area contributed by atoms with Gasteiger partial charge in [-0.2, -0.15) is 9.97 Å². The van der Waals surface area contributed by atoms with Gasteiger partial charge in [0.2, 0.25) is 5.95 Å². The van der Waals surface area contributed by atoms with E-state index in [0.717, 1.165) is 61.2 Å². The monoisotopic (exact) mass is 652 g/mol. The minimum atomic E-state index is 0.583. The third kappa shape index (κ3) is 4.07. The van der Waals surface area contributed by atoms with Crippen LogP contribution in [0.2, 0.25) is 0 Å². The van der Waals surface area contributed by atoms with Crippen LogP contribution < -0.4 is 4.90 Å². The fourth-order valence-corrected chi connectivity index (χ4v) is 7.88. The number of aromatic nitrogens is 5. The Bertz CT molecular complexity index is 2910. The average molecular weight is 653 g/mol. The zero-order chi connectivity index (χ0) is 33.5. The largest absolute Gasteiger partial charge is 0.306 e. The van der Waals surface area contributed by atoms with Gasteiger partial charge in [0.05, 0.1) is 39.1 Å². The lowest BCUT2D eigenvalue weighted by Gasteiger charge is -2.33. The molecular weight excluding hydrogens is 625 g/mol. The highest BCUT2D eigenvalue weighted by molar-refractivity contribution is 6.22. The predicted molar refractivity (Wildman–Crippen MR) is 208 cm³/mol. The van der Waals surface area contributed by atoms with E-state index in [1.807, 2.05) is 60.7 Å². The first-order valence-corrected chi connectivity index (χ1v) is 17.1. The lowest BCUT2D eigenvalue weighted by atomic mass is 10.1. The molecule has 6 heteroatoms. The average Bonchev–Trinajstić information content (AvgIpc) is 3.71. The first kappa shape index (κ1) is 27.9. The fourth-order valence-electron chi connectivity index (χ4n) is 7.88. The summed E-state index contributed by atoms with van der Waals surface area (Å²) in [5.74, 6) is 1.85. The van der Waals surface area contributed by atoms with E-state index in [9.17, 15) is 0 Å². The quantitative estimate of drug-likeness (QED) is 0.190. The second-order valence-corrected chi connectivity index (χ2v) is 12.9. The summed E-state index contributed by atoms with van der Waals surface area (Å²) < 4.78 is 4.65. The molecule has 0 saturated heterocycles. The lowest BCUT2D eigenvalue weighted by molar-refractivity contribution is 0.953. The molecule has 0 N–H and O–H groups in total. The van der Waals surface area contributed by atoms with Gasteiger partial charge in [-0.15, -0.1) is 0 Å². The van der Waals surface area contributed by atoms with E-state index in [1.54, 1.807) is 0 Å². The minimum Gasteiger partial charge on any atom is -0.306 e. The molecule has 0 fully saturated rings. The summed E-state index contributed by atoms with van der Waals surface area (Å²) >= 11 is 0. The second kappa shape index (κ2) is 10.7. The maximum absolute atomic E-state index is 5.17. The number of rotatable bonds is 4. The van der Waals surface area contributed by atoms with Crippen molar-refractivity contribution in [3.05, 3.63) is 170 Å². The van der Waals surface area contributed by atoms with Gasteiger partial charge >= 0.3 is 0 Å². The van der Waals surface area contributed by atoms with Crippen LogP contribution in [0.3, 0.4) is 0 Å². The van der Waals surface area contributed by atoms with Gasteiger partial charge in [0.1, 0.15) is 0 Å². The van der Waals surface area contributed by atoms with Crippen LogP contribution in [0.25, 0.3) is 78.0 Å². The number of para-hydroxylation sites is 5. The minimum absolute atomic E-state index is 0.583. The molecule has 1 aliphatic rings. The van der Waals surface area contributed by atoms with E-state index in [0.29, 0.717) is 17.6 Å². The van der Waals surface area contributed by atoms with Gasteiger partial charge < -0.3 is 9.47 Å². The molecule has 0 aliphatic carbocycles. The van der Waals surface area contributed by atoms with Crippen molar-refractivity contribution >= 4 is 60.7 Å². The topological polar surface area (TPSA) is 51.8 Å². The van der Waals surface area contributed by atoms with Crippen molar-refractivity contribution in [3.8, 4) is 34.4 Å². The summed E-state index contributed by atoms with van der Waals surface area (Å²) in [6.45, 7) is 0. The van der Waals surface area contributed by atoms with Crippen LogP contribution in [-0.2, 0) is 0 Å². The van der Waals surface area contributed by atoms with Crippen molar-refractivity contribution in [2.75, 3.05) is 4.90 Å². The Balaban J connectivity index is 1.25. The Kier molecular flexibility index (Phi) is 5.86. The summed E-state index contributed by atoms with van der Waals surface area (Å²) in [5, 5.41) is 4.72. The zero-order valence-corrected chi connectivity index (χ0v) is 27.3. The highest BCUT2D eigenvalue weighted by atomic mass is 15.2. The second-order valence-electron chi connectivity index (χ2n) is 12.9. The summed E-state index contributed by atoms with van der Waals surface area (Å²) in [5.41, 5.74) is 10.9. The van der Waals surface area contributed by atoms with Gasteiger partial charge in [-0.3, -0.25) is 4.57 Å². The number of nitrogens with zero attached hydrogens (tertiary/aromatic N) is 6. The van der Waals surface area contributed by atoms with E-state index in [2.05, 4.69) is 123 Å². The molecule has 238 valence electrons. The number of hydrogen-bond acceptors (Lipinski definition) is 4. The highest BCUT2D eigenvalue weighted by Gasteiger charge is 2.29. The Morgan fingerprint density at radius 3 is 1.63 bits per heavy atom. The molecule has 0 unspecified atom stereocenters. The van der Waals surface area contributed by atoms with E-state index in [1.165, 1.54) is 16.3 Å². The standard InChI is InChI=1S/C45H28N6/c1-4-15-29(16-5-1)43-46-44(30-17-6-2-7-18-30)48-45(47-43)51-36-23-11-10-21-32(36)34-27-35-33-22-14-26-39-42(33)50(40(35)28-41(34)51)38-25-13-12-24-37(38)49(39)31-19-8-3-9-20-31/h1-28H. The molecule has 51 heavy (non-hydrogen) atoms. The molecule has 1 aliphatic heterocycles. The molecule has 10 aromatic rings. The van der Waals surface area contributed by atoms with Crippen molar-refractivity contribution in [3.63, 3.8) is 0 Å². The third-order valence-electron chi connectivity index (χ3n) is 10.1. The third-order valence-corrected chi connectivity index (χ3v) is 10.1. The molecule has 0 spiro atoms. The number of hydrogen-bond donors (Lipinski definition) is 0. The summed E-state index contributed by atoms with van der Waals surface area (Å²) in [6, 6.07) is 59.6. The molecule has 3 aromatic heterocycles. The van der Waals surface area contributed by atoms with Crippen LogP contribution in [0.4, 0.5) is 17.1 Å². The van der Waals surface area contributed by atoms with Gasteiger partial charge in [-0.1, -0.05) is 121 Å². The molecule has 0 saturated carbocycles. The summed E-state index contributed by atoms with van der Waals surface area (Å²) in [6.07, 6.45) is 0. The predicted octanol–water partition coefficient (Wildman–Crippen LogP) is 11.2. The van der Waals surface area contributed by atoms with Gasteiger partial charge in [0.25, 0.3) is 0 Å². The Hall–Kier alpha value is -7.05. The highest BCUT2D eigenvalue weighted by Crippen LogP contribution is 2.50. The fraction of sp³-hybridized carbons (Fsp3) is 0. The van der Waals surface area contributed by atoms with Gasteiger partial charge in [0, 0.05) is 38.4 Å². The van der Waals surface area contributed by atoms with Crippen molar-refractivity contribution in [1.82, 2.24) is 24.1 Å². The maximum Gasteiger partial charge on any atom is 0.238 e. The SMILES string of the molecule is c1ccc(-c2nc(-c3ccccc3)nc(-n3c4ccccc4c4cc5c6cccc7c6n(c5cc43)-c3ccccc3N7c3ccccc3)n2)cc1. The van der Waals surface area contributed by atoms with Crippen LogP contribution in [0.15, 0.2) is 170 Å². The van der Waals surface area contributed by atoms with E-state index >= 15 is 0 Å². The van der Waals surface area contributed by atoms with Crippen molar-refractivity contribution in [1.29, 1.82) is 0 Å². The van der Waals surface area contributed by atoms with Gasteiger partial charge in [-0.25, -0.2) is 4.98 Å². The summed E-state index contributed by atoms with van der Waals surface area (Å²) in [7, 11) is 0. The molecule has 0 bridgehead atoms. The Labute approximate surface area is 293 Å². The van der Waals surface area contributed by atoms with Crippen LogP contribution in [-0.4, -0.2) is 24.1 Å². The van der Waals surface area contributed by atoms with Crippen molar-refractivity contribution in [2.24, 2.45) is 0 Å². The molecule has 6 nitrogen and oxygen atoms in total. The van der Waals surface area contributed by atoms with Crippen molar-refractivity contribution in [2.45, 2.75) is 0 Å². The molecular formula is C45H28N6. The van der Waals surface area contributed by atoms with Crippen LogP contribution in [0, 0.1) is 0 Å². The Morgan fingerprint density at radius 2 is 0.902 bits per heavy atom. The smallest absolute Gasteiger partial charge is 0.238 e. The van der Waals surface area contributed by atoms with Crippen LogP contribution in [0.5, 0.6) is 0 Å². The normalized spacial score (nSPS) is 12.3. The first-order chi connectivity index (χ1) is 25.3.